The Morgan fingerprint density at radius 3 is 1.94 bits per heavy atom. The van der Waals surface area contributed by atoms with Crippen molar-refractivity contribution >= 4 is 76.0 Å². The van der Waals surface area contributed by atoms with Crippen LogP contribution in [0.3, 0.4) is 0 Å². The quantitative estimate of drug-likeness (QED) is 0.0217. The fourth-order valence-corrected chi connectivity index (χ4v) is 10.4. The number of aliphatic hydroxyl groups is 1. The number of nitrogens with two attached hydrogens (primary N) is 1. The summed E-state index contributed by atoms with van der Waals surface area (Å²) in [5.74, 6) is -9.04. The number of aliphatic hydroxyl groups excluding tert-OH is 1. The monoisotopic (exact) mass is 1180 g/mol. The van der Waals surface area contributed by atoms with Crippen LogP contribution in [0.15, 0.2) is 60.8 Å². The second kappa shape index (κ2) is 32.8. The van der Waals surface area contributed by atoms with Crippen LogP contribution in [0.1, 0.15) is 111 Å². The fraction of sp³-hybridized carbons (Fsp3) is 0.576. The number of rotatable bonds is 32. The molecule has 0 bridgehead atoms. The molecule has 3 heterocycles. The van der Waals surface area contributed by atoms with Gasteiger partial charge in [0.2, 0.25) is 53.2 Å². The minimum Gasteiger partial charge on any atom is -0.480 e. The van der Waals surface area contributed by atoms with Gasteiger partial charge in [-0.15, -0.1) is 0 Å². The second-order valence-corrected chi connectivity index (χ2v) is 22.9. The Labute approximate surface area is 495 Å². The Hall–Kier alpha value is -8.13. The highest BCUT2D eigenvalue weighted by Gasteiger charge is 2.40. The molecule has 5 rings (SSSR count). The van der Waals surface area contributed by atoms with E-state index in [-0.39, 0.29) is 63.0 Å². The summed E-state index contributed by atoms with van der Waals surface area (Å²) in [4.78, 5) is 143. The van der Waals surface area contributed by atoms with Gasteiger partial charge in [0.1, 0.15) is 48.3 Å². The van der Waals surface area contributed by atoms with Crippen LogP contribution in [0, 0.1) is 23.2 Å². The van der Waals surface area contributed by atoms with E-state index >= 15 is 0 Å². The number of aromatic amines is 1. The molecule has 2 aromatic carbocycles. The van der Waals surface area contributed by atoms with E-state index in [0.29, 0.717) is 43.4 Å². The van der Waals surface area contributed by atoms with Crippen molar-refractivity contribution in [3.63, 3.8) is 0 Å². The largest absolute Gasteiger partial charge is 0.480 e. The van der Waals surface area contributed by atoms with Gasteiger partial charge >= 0.3 is 5.97 Å². The van der Waals surface area contributed by atoms with Crippen molar-refractivity contribution < 1.29 is 58.2 Å². The number of carboxylic acid groups (broad SMARTS) is 1. The van der Waals surface area contributed by atoms with Crippen molar-refractivity contribution in [2.24, 2.45) is 23.5 Å². The van der Waals surface area contributed by atoms with E-state index in [0.717, 1.165) is 17.3 Å². The number of carboxylic acids is 1. The maximum absolute atomic E-state index is 14.6. The van der Waals surface area contributed by atoms with Gasteiger partial charge in [-0.2, -0.15) is 0 Å². The number of aromatic nitrogens is 1. The zero-order valence-electron chi connectivity index (χ0n) is 49.7. The molecule has 0 radical (unpaired) electrons. The highest BCUT2D eigenvalue weighted by atomic mass is 16.4. The standard InChI is InChI=1S/C59H88N14O12/c1-8-34(6)48(56(82)72-49(35(7)74)57(83)69-44(58(84)85)28-36-17-10-9-11-18-36)71-53(79)43(29-37-30-64-39-20-13-12-19-38(37)39)67-54(80)45-23-16-26-73(45)46(75)31-65-50(76)42(27-32(2)3)68-55(81)47(33(4)5)70-52(78)41(22-15-25-63-59(60)61)66-51(77)40-21-14-24-62-40/h9-13,17-20,30,32-35,40-45,47-49,62,64,74H,8,14-16,21-29,31H2,1-7H3,(H,65,76)(H,66,77)(H,67,80)(H,68,81)(H,69,83)(H,70,78)(H,71,79)(H,72,82)(H,84,85)(H4,60,61,63)/t34-,35+,40-,41-,42-,43-,44-,45-,47-,48-,49-/m0/s1. The molecule has 9 amide bonds. The smallest absolute Gasteiger partial charge is 0.326 e. The predicted octanol–water partition coefficient (Wildman–Crippen LogP) is -0.317. The van der Waals surface area contributed by atoms with Crippen LogP contribution in [0.25, 0.3) is 10.9 Å². The van der Waals surface area contributed by atoms with Gasteiger partial charge in [-0.1, -0.05) is 96.5 Å². The zero-order valence-corrected chi connectivity index (χ0v) is 49.7. The maximum Gasteiger partial charge on any atom is 0.326 e. The molecule has 3 aromatic rings. The van der Waals surface area contributed by atoms with Gasteiger partial charge in [-0.05, 0) is 93.4 Å². The first-order valence-corrected chi connectivity index (χ1v) is 29.4. The lowest BCUT2D eigenvalue weighted by atomic mass is 9.96. The van der Waals surface area contributed by atoms with Crippen molar-refractivity contribution in [1.82, 2.24) is 63.1 Å². The molecular formula is C59H88N14O12. The molecule has 0 saturated carbocycles. The number of likely N-dealkylation sites (tertiary alicyclic amines) is 1. The number of carbonyl (C=O) groups is 10. The Bertz CT molecular complexity index is 2800. The van der Waals surface area contributed by atoms with Gasteiger partial charge in [-0.25, -0.2) is 4.79 Å². The maximum atomic E-state index is 14.6. The number of benzene rings is 2. The first kappa shape index (κ1) is 67.7. The van der Waals surface area contributed by atoms with E-state index in [4.69, 9.17) is 11.1 Å². The van der Waals surface area contributed by atoms with Crippen molar-refractivity contribution in [2.45, 2.75) is 173 Å². The summed E-state index contributed by atoms with van der Waals surface area (Å²) >= 11 is 0. The highest BCUT2D eigenvalue weighted by Crippen LogP contribution is 2.22. The van der Waals surface area contributed by atoms with Crippen LogP contribution in [-0.4, -0.2) is 172 Å². The van der Waals surface area contributed by atoms with Gasteiger partial charge in [-0.3, -0.25) is 48.6 Å². The molecule has 2 aliphatic rings. The van der Waals surface area contributed by atoms with Gasteiger partial charge in [0.05, 0.1) is 18.7 Å². The SMILES string of the molecule is CC[C@H](C)[C@H](NC(=O)[C@H](Cc1c[nH]c2ccccc12)NC(=O)[C@@H]1CCCN1C(=O)CNC(=O)[C@H](CC(C)C)NC(=O)[C@@H](NC(=O)[C@H](CCCNC(=N)N)NC(=O)[C@@H]1CCCN1)C(C)C)C(=O)N[C@H](C(=O)N[C@@H](Cc1ccccc1)C(=O)O)[C@@H](C)O. The van der Waals surface area contributed by atoms with E-state index in [9.17, 15) is 58.2 Å². The first-order valence-electron chi connectivity index (χ1n) is 29.4. The molecular weight excluding hydrogens is 1100 g/mol. The number of H-pyrrole nitrogens is 1. The number of hydrogen-bond acceptors (Lipinski definition) is 13. The van der Waals surface area contributed by atoms with E-state index < -0.39 is 132 Å². The molecule has 85 heavy (non-hydrogen) atoms. The minimum atomic E-state index is -1.64. The molecule has 26 nitrogen and oxygen atoms in total. The van der Waals surface area contributed by atoms with Gasteiger partial charge < -0.3 is 79.0 Å². The molecule has 2 aliphatic heterocycles. The molecule has 16 N–H and O–H groups in total. The summed E-state index contributed by atoms with van der Waals surface area (Å²) in [5, 5.41) is 56.2. The molecule has 0 spiro atoms. The molecule has 11 atom stereocenters. The Morgan fingerprint density at radius 2 is 1.31 bits per heavy atom. The number of hydrogen-bond donors (Lipinski definition) is 15. The number of carbonyl (C=O) groups excluding carboxylic acids is 9. The lowest BCUT2D eigenvalue weighted by molar-refractivity contribution is -0.143. The van der Waals surface area contributed by atoms with Crippen molar-refractivity contribution in [1.29, 1.82) is 5.41 Å². The molecule has 0 unspecified atom stereocenters. The normalized spacial score (nSPS) is 18.1. The van der Waals surface area contributed by atoms with Crippen LogP contribution in [0.5, 0.6) is 0 Å². The van der Waals surface area contributed by atoms with Crippen LogP contribution in [0.4, 0.5) is 0 Å². The second-order valence-electron chi connectivity index (χ2n) is 22.9. The zero-order chi connectivity index (χ0) is 62.5. The molecule has 26 heteroatoms. The Kier molecular flexibility index (Phi) is 26.1. The average Bonchev–Trinajstić information content (AvgIpc) is 4.27. The molecule has 2 saturated heterocycles. The van der Waals surface area contributed by atoms with E-state index in [1.165, 1.54) is 11.8 Å². The minimum absolute atomic E-state index is 0.0800. The third-order valence-corrected chi connectivity index (χ3v) is 15.4. The number of nitrogens with zero attached hydrogens (tertiary/aromatic N) is 1. The first-order chi connectivity index (χ1) is 40.4. The summed E-state index contributed by atoms with van der Waals surface area (Å²) in [6.45, 7) is 12.3. The fourth-order valence-electron chi connectivity index (χ4n) is 10.4. The molecule has 2 fully saturated rings. The average molecular weight is 1190 g/mol. The van der Waals surface area contributed by atoms with E-state index in [2.05, 4.69) is 58.2 Å². The summed E-state index contributed by atoms with van der Waals surface area (Å²) < 4.78 is 0. The summed E-state index contributed by atoms with van der Waals surface area (Å²) in [7, 11) is 0. The summed E-state index contributed by atoms with van der Waals surface area (Å²) in [6.07, 6.45) is 3.03. The third-order valence-electron chi connectivity index (χ3n) is 15.4. The number of nitrogens with one attached hydrogen (secondary N) is 12. The number of guanidine groups is 1. The van der Waals surface area contributed by atoms with Crippen LogP contribution < -0.4 is 58.9 Å². The van der Waals surface area contributed by atoms with Gasteiger partial charge in [0.15, 0.2) is 5.96 Å². The Morgan fingerprint density at radius 1 is 0.682 bits per heavy atom. The number of para-hydroxylation sites is 1. The summed E-state index contributed by atoms with van der Waals surface area (Å²) in [6, 6.07) is 5.25. The molecule has 0 aliphatic carbocycles. The number of aliphatic carboxylic acids is 1. The number of fused-ring (bicyclic) bond motifs is 1. The lowest BCUT2D eigenvalue weighted by Crippen LogP contribution is -2.62. The summed E-state index contributed by atoms with van der Waals surface area (Å²) in [5.41, 5.74) is 7.44. The van der Waals surface area contributed by atoms with E-state index in [1.807, 2.05) is 38.1 Å². The van der Waals surface area contributed by atoms with Crippen molar-refractivity contribution in [3.05, 3.63) is 71.9 Å². The van der Waals surface area contributed by atoms with Crippen molar-refractivity contribution in [3.8, 4) is 0 Å². The van der Waals surface area contributed by atoms with Crippen LogP contribution >= 0.6 is 0 Å². The Balaban J connectivity index is 1.28. The lowest BCUT2D eigenvalue weighted by Gasteiger charge is -2.30. The molecule has 466 valence electrons. The van der Waals surface area contributed by atoms with Gasteiger partial charge in [0, 0.05) is 43.0 Å². The molecule has 1 aromatic heterocycles. The highest BCUT2D eigenvalue weighted by molar-refractivity contribution is 5.99. The van der Waals surface area contributed by atoms with Crippen LogP contribution in [0.2, 0.25) is 0 Å². The topological polar surface area (TPSA) is 400 Å². The van der Waals surface area contributed by atoms with E-state index in [1.54, 1.807) is 64.2 Å². The van der Waals surface area contributed by atoms with Gasteiger partial charge in [0.25, 0.3) is 0 Å². The third kappa shape index (κ3) is 20.3. The van der Waals surface area contributed by atoms with Crippen LogP contribution in [-0.2, 0) is 60.8 Å². The van der Waals surface area contributed by atoms with Crippen molar-refractivity contribution in [2.75, 3.05) is 26.2 Å². The predicted molar refractivity (Wildman–Crippen MR) is 317 cm³/mol. The number of amides is 9.